The van der Waals surface area contributed by atoms with Gasteiger partial charge in [0.25, 0.3) is 5.91 Å². The lowest BCUT2D eigenvalue weighted by Gasteiger charge is -2.35. The molecule has 1 atom stereocenters. The number of anilines is 1. The molecule has 4 heterocycles. The van der Waals surface area contributed by atoms with Crippen LogP contribution in [0.5, 0.6) is 0 Å². The number of carbonyl (C=O) groups excluding carboxylic acids is 1. The van der Waals surface area contributed by atoms with Crippen molar-refractivity contribution in [3.8, 4) is 6.07 Å². The summed E-state index contributed by atoms with van der Waals surface area (Å²) in [5, 5.41) is 9.36. The Hall–Kier alpha value is -2.81. The van der Waals surface area contributed by atoms with Gasteiger partial charge in [0.2, 0.25) is 0 Å². The Labute approximate surface area is 165 Å². The predicted molar refractivity (Wildman–Crippen MR) is 106 cm³/mol. The van der Waals surface area contributed by atoms with Gasteiger partial charge in [0.1, 0.15) is 11.9 Å². The van der Waals surface area contributed by atoms with Gasteiger partial charge in [0.15, 0.2) is 5.76 Å². The second-order valence-corrected chi connectivity index (χ2v) is 7.77. The maximum absolute atomic E-state index is 12.5. The van der Waals surface area contributed by atoms with Gasteiger partial charge in [-0.1, -0.05) is 0 Å². The van der Waals surface area contributed by atoms with Crippen molar-refractivity contribution in [2.75, 3.05) is 31.1 Å². The molecular weight excluding hydrogens is 352 g/mol. The predicted octanol–water partition coefficient (Wildman–Crippen LogP) is 3.71. The van der Waals surface area contributed by atoms with Crippen LogP contribution in [0.3, 0.4) is 0 Å². The van der Waals surface area contributed by atoms with Crippen LogP contribution in [0.4, 0.5) is 5.82 Å². The van der Waals surface area contributed by atoms with E-state index in [1.807, 2.05) is 17.0 Å². The molecule has 0 radical (unpaired) electrons. The molecule has 2 saturated heterocycles. The zero-order chi connectivity index (χ0) is 19.3. The van der Waals surface area contributed by atoms with Crippen LogP contribution >= 0.6 is 0 Å². The summed E-state index contributed by atoms with van der Waals surface area (Å²) < 4.78 is 5.26. The van der Waals surface area contributed by atoms with Crippen molar-refractivity contribution in [3.63, 3.8) is 0 Å². The average molecular weight is 378 g/mol. The van der Waals surface area contributed by atoms with Crippen LogP contribution in [0, 0.1) is 23.2 Å². The van der Waals surface area contributed by atoms with E-state index in [4.69, 9.17) is 4.42 Å². The van der Waals surface area contributed by atoms with Gasteiger partial charge in [-0.2, -0.15) is 5.26 Å². The Morgan fingerprint density at radius 2 is 1.86 bits per heavy atom. The van der Waals surface area contributed by atoms with Crippen molar-refractivity contribution >= 4 is 11.7 Å². The SMILES string of the molecule is N#Cc1cccnc1N1CCCC(C2CCN(C(=O)c3ccco3)CC2)CC1. The molecule has 6 heteroatoms. The molecule has 1 amide bonds. The van der Waals surface area contributed by atoms with E-state index in [-0.39, 0.29) is 5.91 Å². The number of pyridine rings is 1. The molecule has 0 N–H and O–H groups in total. The van der Waals surface area contributed by atoms with E-state index in [1.54, 1.807) is 24.6 Å². The number of amides is 1. The number of hydrogen-bond acceptors (Lipinski definition) is 5. The summed E-state index contributed by atoms with van der Waals surface area (Å²) in [6.07, 6.45) is 8.90. The lowest BCUT2D eigenvalue weighted by Crippen LogP contribution is -2.40. The fraction of sp³-hybridized carbons (Fsp3) is 0.500. The van der Waals surface area contributed by atoms with E-state index < -0.39 is 0 Å². The van der Waals surface area contributed by atoms with Crippen molar-refractivity contribution in [1.82, 2.24) is 9.88 Å². The molecule has 2 fully saturated rings. The molecule has 4 rings (SSSR count). The second kappa shape index (κ2) is 8.47. The Balaban J connectivity index is 1.33. The standard InChI is InChI=1S/C22H26N4O2/c23-16-19-4-1-10-24-21(19)25-11-2-5-17(7-12-25)18-8-13-26(14-9-18)22(27)20-6-3-15-28-20/h1,3-4,6,10,15,17-18H,2,5,7-9,11-14H2. The van der Waals surface area contributed by atoms with E-state index in [1.165, 1.54) is 6.42 Å². The van der Waals surface area contributed by atoms with E-state index >= 15 is 0 Å². The molecule has 2 aliphatic heterocycles. The molecular formula is C22H26N4O2. The molecule has 28 heavy (non-hydrogen) atoms. The van der Waals surface area contributed by atoms with Gasteiger partial charge in [-0.3, -0.25) is 4.79 Å². The van der Waals surface area contributed by atoms with Gasteiger partial charge in [-0.05, 0) is 68.2 Å². The van der Waals surface area contributed by atoms with Gasteiger partial charge >= 0.3 is 0 Å². The number of piperidine rings is 1. The molecule has 0 bridgehead atoms. The van der Waals surface area contributed by atoms with Crippen molar-refractivity contribution in [3.05, 3.63) is 48.0 Å². The van der Waals surface area contributed by atoms with Crippen molar-refractivity contribution in [2.45, 2.75) is 32.1 Å². The van der Waals surface area contributed by atoms with Crippen LogP contribution in [-0.4, -0.2) is 42.0 Å². The van der Waals surface area contributed by atoms with Crippen LogP contribution in [0.1, 0.15) is 48.2 Å². The summed E-state index contributed by atoms with van der Waals surface area (Å²) in [4.78, 5) is 21.1. The molecule has 0 aliphatic carbocycles. The van der Waals surface area contributed by atoms with Gasteiger partial charge < -0.3 is 14.2 Å². The van der Waals surface area contributed by atoms with Crippen LogP contribution in [0.15, 0.2) is 41.1 Å². The lowest BCUT2D eigenvalue weighted by molar-refractivity contribution is 0.0620. The fourth-order valence-electron chi connectivity index (χ4n) is 4.67. The smallest absolute Gasteiger partial charge is 0.289 e. The first-order chi connectivity index (χ1) is 13.8. The van der Waals surface area contributed by atoms with Gasteiger partial charge in [0, 0.05) is 32.4 Å². The maximum atomic E-state index is 12.5. The minimum Gasteiger partial charge on any atom is -0.459 e. The highest BCUT2D eigenvalue weighted by Crippen LogP contribution is 2.34. The summed E-state index contributed by atoms with van der Waals surface area (Å²) in [5.74, 6) is 2.62. The number of likely N-dealkylation sites (tertiary alicyclic amines) is 1. The summed E-state index contributed by atoms with van der Waals surface area (Å²) in [6, 6.07) is 9.43. The Morgan fingerprint density at radius 1 is 1.07 bits per heavy atom. The number of rotatable bonds is 3. The Bertz CT molecular complexity index is 834. The monoisotopic (exact) mass is 378 g/mol. The molecule has 0 aromatic carbocycles. The van der Waals surface area contributed by atoms with Gasteiger partial charge in [-0.15, -0.1) is 0 Å². The third-order valence-corrected chi connectivity index (χ3v) is 6.20. The number of nitrogens with zero attached hydrogens (tertiary/aromatic N) is 4. The van der Waals surface area contributed by atoms with Gasteiger partial charge in [0.05, 0.1) is 11.8 Å². The van der Waals surface area contributed by atoms with E-state index in [9.17, 15) is 10.1 Å². The van der Waals surface area contributed by atoms with Crippen molar-refractivity contribution in [1.29, 1.82) is 5.26 Å². The van der Waals surface area contributed by atoms with E-state index in [2.05, 4.69) is 16.0 Å². The molecule has 1 unspecified atom stereocenters. The molecule has 146 valence electrons. The third-order valence-electron chi connectivity index (χ3n) is 6.20. The molecule has 2 aliphatic rings. The van der Waals surface area contributed by atoms with Crippen LogP contribution < -0.4 is 4.90 Å². The van der Waals surface area contributed by atoms with Crippen LogP contribution in [0.25, 0.3) is 0 Å². The van der Waals surface area contributed by atoms with E-state index in [0.29, 0.717) is 23.2 Å². The highest BCUT2D eigenvalue weighted by Gasteiger charge is 2.31. The molecule has 2 aromatic heterocycles. The lowest BCUT2D eigenvalue weighted by atomic mass is 9.80. The number of aromatic nitrogens is 1. The molecule has 6 nitrogen and oxygen atoms in total. The maximum Gasteiger partial charge on any atom is 0.289 e. The Kier molecular flexibility index (Phi) is 5.61. The summed E-state index contributed by atoms with van der Waals surface area (Å²) in [6.45, 7) is 3.52. The molecule has 2 aromatic rings. The van der Waals surface area contributed by atoms with Crippen LogP contribution in [-0.2, 0) is 0 Å². The quantitative estimate of drug-likeness (QED) is 0.814. The first-order valence-electron chi connectivity index (χ1n) is 10.2. The highest BCUT2D eigenvalue weighted by molar-refractivity contribution is 5.91. The number of hydrogen-bond donors (Lipinski definition) is 0. The normalized spacial score (nSPS) is 21.2. The fourth-order valence-corrected chi connectivity index (χ4v) is 4.67. The first kappa shape index (κ1) is 18.5. The van der Waals surface area contributed by atoms with Crippen molar-refractivity contribution in [2.24, 2.45) is 11.8 Å². The third kappa shape index (κ3) is 3.89. The number of furan rings is 1. The summed E-state index contributed by atoms with van der Waals surface area (Å²) in [5.41, 5.74) is 0.658. The zero-order valence-corrected chi connectivity index (χ0v) is 16.1. The average Bonchev–Trinajstić information content (AvgIpc) is 3.18. The van der Waals surface area contributed by atoms with Gasteiger partial charge in [-0.25, -0.2) is 4.98 Å². The molecule has 0 saturated carbocycles. The largest absolute Gasteiger partial charge is 0.459 e. The molecule has 0 spiro atoms. The summed E-state index contributed by atoms with van der Waals surface area (Å²) in [7, 11) is 0. The minimum atomic E-state index is 0.00896. The van der Waals surface area contributed by atoms with Crippen molar-refractivity contribution < 1.29 is 9.21 Å². The van der Waals surface area contributed by atoms with Crippen LogP contribution in [0.2, 0.25) is 0 Å². The second-order valence-electron chi connectivity index (χ2n) is 7.77. The summed E-state index contributed by atoms with van der Waals surface area (Å²) >= 11 is 0. The van der Waals surface area contributed by atoms with E-state index in [0.717, 1.165) is 57.7 Å². The number of nitriles is 1. The Morgan fingerprint density at radius 3 is 2.61 bits per heavy atom. The highest BCUT2D eigenvalue weighted by atomic mass is 16.3. The first-order valence-corrected chi connectivity index (χ1v) is 10.2. The topological polar surface area (TPSA) is 73.4 Å². The minimum absolute atomic E-state index is 0.00896. The zero-order valence-electron chi connectivity index (χ0n) is 16.1. The number of carbonyl (C=O) groups is 1.